The number of aromatic nitrogens is 1. The second-order valence-corrected chi connectivity index (χ2v) is 9.05. The van der Waals surface area contributed by atoms with Gasteiger partial charge in [-0.25, -0.2) is 0 Å². The third kappa shape index (κ3) is 3.35. The molecule has 0 saturated carbocycles. The number of benzene rings is 1. The number of hydrogen-bond acceptors (Lipinski definition) is 5. The number of carbonyl (C=O) groups is 1. The second-order valence-electron chi connectivity index (χ2n) is 6.64. The van der Waals surface area contributed by atoms with Crippen LogP contribution < -0.4 is 0 Å². The lowest BCUT2D eigenvalue weighted by Gasteiger charge is -2.20. The van der Waals surface area contributed by atoms with Gasteiger partial charge in [-0.15, -0.1) is 16.9 Å². The molecule has 1 aromatic heterocycles. The van der Waals surface area contributed by atoms with E-state index in [2.05, 4.69) is 14.7 Å². The highest BCUT2D eigenvalue weighted by Gasteiger charge is 2.35. The monoisotopic (exact) mass is 443 g/mol. The van der Waals surface area contributed by atoms with Crippen molar-refractivity contribution in [2.24, 2.45) is 10.1 Å². The van der Waals surface area contributed by atoms with Crippen molar-refractivity contribution in [1.82, 2.24) is 9.58 Å². The number of thioether (sulfide) groups is 2. The Kier molecular flexibility index (Phi) is 5.18. The molecule has 0 saturated heterocycles. The van der Waals surface area contributed by atoms with Crippen LogP contribution in [-0.2, 0) is 4.79 Å². The molecule has 3 heterocycles. The van der Waals surface area contributed by atoms with Crippen LogP contribution in [0.15, 0.2) is 39.9 Å². The van der Waals surface area contributed by atoms with Crippen LogP contribution in [0.4, 0.5) is 0 Å². The van der Waals surface area contributed by atoms with E-state index < -0.39 is 5.91 Å². The van der Waals surface area contributed by atoms with E-state index in [-0.39, 0.29) is 11.4 Å². The smallest absolute Gasteiger partial charge is 0.283 e. The summed E-state index contributed by atoms with van der Waals surface area (Å²) in [5.41, 5.74) is 5.03. The number of rotatable bonds is 2. The summed E-state index contributed by atoms with van der Waals surface area (Å²) in [6, 6.07) is 7.80. The average Bonchev–Trinajstić information content (AvgIpc) is 3.22. The van der Waals surface area contributed by atoms with E-state index in [0.717, 1.165) is 32.6 Å². The zero-order valence-corrected chi connectivity index (χ0v) is 18.7. The Bertz CT molecular complexity index is 1160. The van der Waals surface area contributed by atoms with Gasteiger partial charge < -0.3 is 4.57 Å². The van der Waals surface area contributed by atoms with Crippen molar-refractivity contribution in [3.05, 3.63) is 57.4 Å². The molecule has 2 aromatic rings. The summed E-state index contributed by atoms with van der Waals surface area (Å²) in [4.78, 5) is 16.7. The van der Waals surface area contributed by atoms with E-state index >= 15 is 0 Å². The minimum Gasteiger partial charge on any atom is -0.318 e. The van der Waals surface area contributed by atoms with Crippen LogP contribution in [0.1, 0.15) is 22.5 Å². The normalized spacial score (nSPS) is 17.7. The molecule has 0 bridgehead atoms. The molecule has 0 aliphatic carbocycles. The first-order chi connectivity index (χ1) is 13.8. The third-order valence-electron chi connectivity index (χ3n) is 4.86. The number of nitrogens with one attached hydrogen (secondary N) is 1. The Morgan fingerprint density at radius 2 is 2.03 bits per heavy atom. The summed E-state index contributed by atoms with van der Waals surface area (Å²) < 4.78 is 2.87. The molecule has 148 valence electrons. The van der Waals surface area contributed by atoms with E-state index in [9.17, 15) is 4.79 Å². The fourth-order valence-electron chi connectivity index (χ4n) is 3.36. The van der Waals surface area contributed by atoms with Crippen LogP contribution >= 0.6 is 35.1 Å². The molecule has 0 unspecified atom stereocenters. The number of aliphatic imine (C=N–C) groups is 1. The number of nitrogens with zero attached hydrogens (tertiary/aromatic N) is 4. The number of amidine groups is 2. The average molecular weight is 444 g/mol. The largest absolute Gasteiger partial charge is 0.318 e. The van der Waals surface area contributed by atoms with Gasteiger partial charge in [0, 0.05) is 22.1 Å². The fourth-order valence-corrected chi connectivity index (χ4v) is 4.87. The Hall–Kier alpha value is -2.29. The fraction of sp³-hybridized carbons (Fsp3) is 0.200. The predicted molar refractivity (Wildman–Crippen MR) is 124 cm³/mol. The number of fused-ring (bicyclic) bond motifs is 1. The molecule has 1 N–H and O–H groups in total. The molecule has 1 amide bonds. The first-order valence-corrected chi connectivity index (χ1v) is 11.2. The van der Waals surface area contributed by atoms with Gasteiger partial charge >= 0.3 is 0 Å². The van der Waals surface area contributed by atoms with Crippen LogP contribution in [-0.4, -0.2) is 37.1 Å². The van der Waals surface area contributed by atoms with Gasteiger partial charge in [-0.2, -0.15) is 10.0 Å². The van der Waals surface area contributed by atoms with Gasteiger partial charge in [0.1, 0.15) is 0 Å². The highest BCUT2D eigenvalue weighted by Crippen LogP contribution is 2.33. The summed E-state index contributed by atoms with van der Waals surface area (Å²) in [6.07, 6.45) is 3.63. The van der Waals surface area contributed by atoms with E-state index in [1.54, 1.807) is 6.08 Å². The maximum atomic E-state index is 12.6. The summed E-state index contributed by atoms with van der Waals surface area (Å²) in [6.45, 7) is 5.98. The van der Waals surface area contributed by atoms with Gasteiger partial charge in [0.2, 0.25) is 5.17 Å². The van der Waals surface area contributed by atoms with Gasteiger partial charge in [0.15, 0.2) is 10.2 Å². The number of aryl methyl sites for hydroxylation is 1. The summed E-state index contributed by atoms with van der Waals surface area (Å²) in [5.74, 6) is -0.379. The van der Waals surface area contributed by atoms with E-state index in [4.69, 9.17) is 17.0 Å². The molecule has 0 radical (unpaired) electrons. The van der Waals surface area contributed by atoms with Gasteiger partial charge in [0.25, 0.3) is 5.91 Å². The van der Waals surface area contributed by atoms with Crippen LogP contribution in [0, 0.1) is 26.2 Å². The van der Waals surface area contributed by atoms with E-state index in [0.29, 0.717) is 10.2 Å². The maximum Gasteiger partial charge on any atom is 0.283 e. The van der Waals surface area contributed by atoms with Crippen molar-refractivity contribution in [3.8, 4) is 5.69 Å². The van der Waals surface area contributed by atoms with Gasteiger partial charge in [0.05, 0.1) is 5.57 Å². The van der Waals surface area contributed by atoms with Crippen LogP contribution in [0.25, 0.3) is 11.8 Å². The van der Waals surface area contributed by atoms with Crippen molar-refractivity contribution < 1.29 is 4.79 Å². The molecule has 1 aromatic carbocycles. The summed E-state index contributed by atoms with van der Waals surface area (Å²) in [7, 11) is 0. The Morgan fingerprint density at radius 3 is 2.76 bits per heavy atom. The Morgan fingerprint density at radius 1 is 1.28 bits per heavy atom. The molecule has 29 heavy (non-hydrogen) atoms. The molecule has 2 aliphatic heterocycles. The number of hydrazone groups is 1. The van der Waals surface area contributed by atoms with Crippen molar-refractivity contribution >= 4 is 62.5 Å². The molecular formula is C20H18ClN5OS2. The van der Waals surface area contributed by atoms with Crippen LogP contribution in [0.2, 0.25) is 5.02 Å². The van der Waals surface area contributed by atoms with E-state index in [1.165, 1.54) is 28.5 Å². The SMILES string of the molecule is CSC1=NN2C(=N)/C(=C/c3cc(C)n(-c4cccc(Cl)c4C)c3C)C(=O)N=C2S1. The summed E-state index contributed by atoms with van der Waals surface area (Å²) in [5, 5.41) is 15.4. The van der Waals surface area contributed by atoms with Crippen molar-refractivity contribution in [2.45, 2.75) is 20.8 Å². The number of halogens is 1. The minimum atomic E-state index is -0.421. The minimum absolute atomic E-state index is 0.0419. The molecule has 4 rings (SSSR count). The number of carbonyl (C=O) groups excluding carboxylic acids is 1. The molecule has 9 heteroatoms. The van der Waals surface area contributed by atoms with Gasteiger partial charge in [-0.1, -0.05) is 17.7 Å². The number of amides is 1. The van der Waals surface area contributed by atoms with Crippen molar-refractivity contribution in [2.75, 3.05) is 6.26 Å². The first-order valence-electron chi connectivity index (χ1n) is 8.80. The maximum absolute atomic E-state index is 12.6. The molecule has 0 fully saturated rings. The molecule has 2 aliphatic rings. The zero-order valence-electron chi connectivity index (χ0n) is 16.3. The summed E-state index contributed by atoms with van der Waals surface area (Å²) >= 11 is 9.08. The highest BCUT2D eigenvalue weighted by atomic mass is 35.5. The predicted octanol–water partition coefficient (Wildman–Crippen LogP) is 5.00. The topological polar surface area (TPSA) is 73.8 Å². The van der Waals surface area contributed by atoms with Gasteiger partial charge in [-0.3, -0.25) is 10.2 Å². The second kappa shape index (κ2) is 7.51. The van der Waals surface area contributed by atoms with Crippen molar-refractivity contribution in [3.63, 3.8) is 0 Å². The van der Waals surface area contributed by atoms with E-state index in [1.807, 2.05) is 51.3 Å². The third-order valence-corrected chi connectivity index (χ3v) is 7.15. The molecule has 6 nitrogen and oxygen atoms in total. The zero-order chi connectivity index (χ0) is 20.9. The lowest BCUT2D eigenvalue weighted by molar-refractivity contribution is -0.114. The lowest BCUT2D eigenvalue weighted by Crippen LogP contribution is -2.35. The standard InChI is InChI=1S/C20H18ClN5OS2/c1-10-8-13(12(3)25(10)16-7-5-6-15(21)11(16)2)9-14-17(22)26-19(23-18(14)27)29-20(24-26)28-4/h5-9,22H,1-4H3/b14-9-,22-17?. The van der Waals surface area contributed by atoms with Crippen molar-refractivity contribution in [1.29, 1.82) is 5.41 Å². The number of hydrogen-bond donors (Lipinski definition) is 1. The van der Waals surface area contributed by atoms with Crippen LogP contribution in [0.3, 0.4) is 0 Å². The first kappa shape index (κ1) is 20.0. The Balaban J connectivity index is 1.78. The molecule has 0 spiro atoms. The molecule has 0 atom stereocenters. The Labute approximate surface area is 182 Å². The quantitative estimate of drug-likeness (QED) is 0.663. The van der Waals surface area contributed by atoms with Crippen LogP contribution in [0.5, 0.6) is 0 Å². The highest BCUT2D eigenvalue weighted by molar-refractivity contribution is 8.45. The lowest BCUT2D eigenvalue weighted by atomic mass is 10.1. The molecular weight excluding hydrogens is 426 g/mol. The van der Waals surface area contributed by atoms with Gasteiger partial charge in [-0.05, 0) is 74.2 Å².